The molecule has 0 aliphatic heterocycles. The molecule has 0 fully saturated rings. The highest BCUT2D eigenvalue weighted by Gasteiger charge is 2.20. The van der Waals surface area contributed by atoms with Crippen molar-refractivity contribution >= 4 is 71.4 Å². The number of thiazole rings is 2. The van der Waals surface area contributed by atoms with Crippen molar-refractivity contribution in [3.05, 3.63) is 113 Å². The summed E-state index contributed by atoms with van der Waals surface area (Å²) in [7, 11) is 0. The first kappa shape index (κ1) is 27.7. The largest absolute Gasteiger partial charge is 0.375 e. The summed E-state index contributed by atoms with van der Waals surface area (Å²) in [4.78, 5) is 31.5. The first-order valence-electron chi connectivity index (χ1n) is 11.7. The van der Waals surface area contributed by atoms with Crippen LogP contribution in [-0.2, 0) is 0 Å². The Morgan fingerprint density at radius 3 is 1.73 bits per heavy atom. The number of carbonyl (C=O) groups is 2. The fourth-order valence-corrected chi connectivity index (χ4v) is 5.18. The SMILES string of the molecule is Nc1nc2c(F)c(NC(=O)c3ccccc3)c(F)cc2s1.O=C(Nc1c(F)cc2scnc2c1F)c1ccccc1. The van der Waals surface area contributed by atoms with Gasteiger partial charge >= 0.3 is 0 Å². The molecule has 6 rings (SSSR count). The van der Waals surface area contributed by atoms with Gasteiger partial charge in [0.1, 0.15) is 22.4 Å². The lowest BCUT2D eigenvalue weighted by Crippen LogP contribution is -2.14. The smallest absolute Gasteiger partial charge is 0.255 e. The number of hydrogen-bond donors (Lipinski definition) is 3. The number of fused-ring (bicyclic) bond motifs is 2. The van der Waals surface area contributed by atoms with E-state index in [1.807, 2.05) is 0 Å². The molecule has 0 spiro atoms. The molecule has 2 heterocycles. The normalized spacial score (nSPS) is 10.7. The summed E-state index contributed by atoms with van der Waals surface area (Å²) in [5.74, 6) is -4.64. The maximum atomic E-state index is 14.3. The summed E-state index contributed by atoms with van der Waals surface area (Å²) in [6, 6.07) is 18.6. The maximum absolute atomic E-state index is 14.3. The van der Waals surface area contributed by atoms with Gasteiger partial charge in [-0.1, -0.05) is 47.7 Å². The Morgan fingerprint density at radius 2 is 1.20 bits per heavy atom. The molecule has 206 valence electrons. The van der Waals surface area contributed by atoms with Gasteiger partial charge in [-0.2, -0.15) is 0 Å². The van der Waals surface area contributed by atoms with E-state index in [1.165, 1.54) is 5.51 Å². The number of aromatic nitrogens is 2. The summed E-state index contributed by atoms with van der Waals surface area (Å²) in [6.07, 6.45) is 0. The number of anilines is 3. The van der Waals surface area contributed by atoms with E-state index in [4.69, 9.17) is 5.73 Å². The molecular formula is C28H17F4N5O2S2. The van der Waals surface area contributed by atoms with Gasteiger partial charge in [-0.05, 0) is 36.4 Å². The van der Waals surface area contributed by atoms with Gasteiger partial charge in [0.25, 0.3) is 11.8 Å². The molecule has 13 heteroatoms. The Labute approximate surface area is 237 Å². The molecular weight excluding hydrogens is 578 g/mol. The van der Waals surface area contributed by atoms with Gasteiger partial charge in [0.15, 0.2) is 28.4 Å². The zero-order chi connectivity index (χ0) is 29.1. The molecule has 4 N–H and O–H groups in total. The molecule has 0 saturated carbocycles. The van der Waals surface area contributed by atoms with Crippen molar-refractivity contribution in [2.75, 3.05) is 16.4 Å². The van der Waals surface area contributed by atoms with E-state index in [2.05, 4.69) is 20.6 Å². The minimum atomic E-state index is -0.928. The average Bonchev–Trinajstić information content (AvgIpc) is 3.60. The number of amides is 2. The third-order valence-electron chi connectivity index (χ3n) is 5.66. The number of halogens is 4. The number of nitrogens with one attached hydrogen (secondary N) is 2. The van der Waals surface area contributed by atoms with Crippen LogP contribution in [0.2, 0.25) is 0 Å². The second-order valence-corrected chi connectivity index (χ2v) is 10.3. The van der Waals surface area contributed by atoms with Crippen LogP contribution in [0.25, 0.3) is 20.4 Å². The third-order valence-corrected chi connectivity index (χ3v) is 7.27. The molecule has 0 aliphatic rings. The Hall–Kier alpha value is -4.88. The first-order chi connectivity index (χ1) is 19.7. The van der Waals surface area contributed by atoms with E-state index in [1.54, 1.807) is 60.7 Å². The zero-order valence-electron chi connectivity index (χ0n) is 20.6. The number of nitrogens with two attached hydrogens (primary N) is 1. The maximum Gasteiger partial charge on any atom is 0.255 e. The van der Waals surface area contributed by atoms with E-state index in [9.17, 15) is 27.2 Å². The third kappa shape index (κ3) is 5.85. The van der Waals surface area contributed by atoms with E-state index >= 15 is 0 Å². The van der Waals surface area contributed by atoms with E-state index in [-0.39, 0.29) is 16.2 Å². The van der Waals surface area contributed by atoms with Gasteiger partial charge in [0.05, 0.1) is 14.9 Å². The van der Waals surface area contributed by atoms with Gasteiger partial charge in [0, 0.05) is 11.1 Å². The number of nitrogen functional groups attached to an aromatic ring is 1. The molecule has 7 nitrogen and oxygen atoms in total. The highest BCUT2D eigenvalue weighted by Crippen LogP contribution is 2.33. The van der Waals surface area contributed by atoms with E-state index in [0.29, 0.717) is 20.5 Å². The quantitative estimate of drug-likeness (QED) is 0.186. The minimum absolute atomic E-state index is 0.0535. The summed E-state index contributed by atoms with van der Waals surface area (Å²) >= 11 is 2.11. The number of benzene rings is 4. The van der Waals surface area contributed by atoms with Crippen molar-refractivity contribution in [1.82, 2.24) is 9.97 Å². The van der Waals surface area contributed by atoms with Crippen molar-refractivity contribution in [2.24, 2.45) is 0 Å². The van der Waals surface area contributed by atoms with Crippen molar-refractivity contribution in [2.45, 2.75) is 0 Å². The number of hydrogen-bond acceptors (Lipinski definition) is 7. The topological polar surface area (TPSA) is 110 Å². The van der Waals surface area contributed by atoms with E-state index < -0.39 is 46.5 Å². The highest BCUT2D eigenvalue weighted by atomic mass is 32.1. The Morgan fingerprint density at radius 1 is 0.707 bits per heavy atom. The number of carbonyl (C=O) groups excluding carboxylic acids is 2. The van der Waals surface area contributed by atoms with Crippen LogP contribution in [-0.4, -0.2) is 21.8 Å². The summed E-state index contributed by atoms with van der Waals surface area (Å²) in [5, 5.41) is 4.62. The lowest BCUT2D eigenvalue weighted by atomic mass is 10.2. The first-order valence-corrected chi connectivity index (χ1v) is 13.4. The van der Waals surface area contributed by atoms with Crippen LogP contribution in [0.15, 0.2) is 78.3 Å². The Kier molecular flexibility index (Phi) is 7.90. The fraction of sp³-hybridized carbons (Fsp3) is 0. The van der Waals surface area contributed by atoms with Crippen LogP contribution in [0.1, 0.15) is 20.7 Å². The molecule has 0 aliphatic carbocycles. The molecule has 0 atom stereocenters. The Balaban J connectivity index is 0.000000165. The van der Waals surface area contributed by atoms with Crippen LogP contribution in [0.3, 0.4) is 0 Å². The molecule has 6 aromatic rings. The summed E-state index contributed by atoms with van der Waals surface area (Å²) in [6.45, 7) is 0. The van der Waals surface area contributed by atoms with Crippen LogP contribution < -0.4 is 16.4 Å². The van der Waals surface area contributed by atoms with Gasteiger partial charge in [-0.25, -0.2) is 27.5 Å². The van der Waals surface area contributed by atoms with Crippen LogP contribution in [0.5, 0.6) is 0 Å². The molecule has 0 unspecified atom stereocenters. The molecule has 2 amide bonds. The standard InChI is InChI=1S/C14H9F2N3OS.C14H8F2N2OS/c15-8-6-9-12(19-14(17)21-9)10(16)11(8)18-13(20)7-4-2-1-3-5-7;15-9-6-10-13(17-7-20-10)11(16)12(9)18-14(19)8-4-2-1-3-5-8/h1-6H,(H2,17,19)(H,18,20);1-7H,(H,18,19). The van der Waals surface area contributed by atoms with Crippen molar-refractivity contribution in [1.29, 1.82) is 0 Å². The van der Waals surface area contributed by atoms with Crippen LogP contribution >= 0.6 is 22.7 Å². The number of rotatable bonds is 4. The van der Waals surface area contributed by atoms with Crippen LogP contribution in [0, 0.1) is 23.3 Å². The Bertz CT molecular complexity index is 1900. The molecule has 4 aromatic carbocycles. The van der Waals surface area contributed by atoms with Gasteiger partial charge in [-0.15, -0.1) is 11.3 Å². The predicted molar refractivity (Wildman–Crippen MR) is 152 cm³/mol. The molecule has 0 radical (unpaired) electrons. The van der Waals surface area contributed by atoms with Crippen molar-refractivity contribution in [3.8, 4) is 0 Å². The second kappa shape index (κ2) is 11.7. The highest BCUT2D eigenvalue weighted by molar-refractivity contribution is 7.22. The zero-order valence-corrected chi connectivity index (χ0v) is 22.3. The predicted octanol–water partition coefficient (Wildman–Crippen LogP) is 7.24. The van der Waals surface area contributed by atoms with Crippen molar-refractivity contribution in [3.63, 3.8) is 0 Å². The van der Waals surface area contributed by atoms with Gasteiger partial charge < -0.3 is 16.4 Å². The average molecular weight is 596 g/mol. The van der Waals surface area contributed by atoms with Gasteiger partial charge in [-0.3, -0.25) is 9.59 Å². The molecule has 41 heavy (non-hydrogen) atoms. The fourth-order valence-electron chi connectivity index (χ4n) is 3.73. The molecule has 0 bridgehead atoms. The summed E-state index contributed by atoms with van der Waals surface area (Å²) < 4.78 is 56.9. The second-order valence-electron chi connectivity index (χ2n) is 8.33. The minimum Gasteiger partial charge on any atom is -0.375 e. The lowest BCUT2D eigenvalue weighted by Gasteiger charge is -2.08. The van der Waals surface area contributed by atoms with Crippen LogP contribution in [0.4, 0.5) is 34.1 Å². The molecule has 2 aromatic heterocycles. The van der Waals surface area contributed by atoms with Crippen molar-refractivity contribution < 1.29 is 27.2 Å². The lowest BCUT2D eigenvalue weighted by molar-refractivity contribution is 0.101. The van der Waals surface area contributed by atoms with E-state index in [0.717, 1.165) is 34.8 Å². The monoisotopic (exact) mass is 595 g/mol. The van der Waals surface area contributed by atoms with Gasteiger partial charge in [0.2, 0.25) is 0 Å². The number of nitrogens with zero attached hydrogens (tertiary/aromatic N) is 2. The molecule has 0 saturated heterocycles. The summed E-state index contributed by atoms with van der Waals surface area (Å²) in [5.41, 5.74) is 6.53.